The lowest BCUT2D eigenvalue weighted by Gasteiger charge is -2.18. The van der Waals surface area contributed by atoms with Crippen molar-refractivity contribution < 1.29 is 4.79 Å². The highest BCUT2D eigenvalue weighted by atomic mass is 32.2. The van der Waals surface area contributed by atoms with Gasteiger partial charge in [0.15, 0.2) is 11.0 Å². The van der Waals surface area contributed by atoms with Gasteiger partial charge in [0.2, 0.25) is 0 Å². The summed E-state index contributed by atoms with van der Waals surface area (Å²) in [5, 5.41) is 11.9. The van der Waals surface area contributed by atoms with Gasteiger partial charge in [-0.1, -0.05) is 11.8 Å². The lowest BCUT2D eigenvalue weighted by molar-refractivity contribution is 0.204. The van der Waals surface area contributed by atoms with Crippen LogP contribution in [0.5, 0.6) is 0 Å². The van der Waals surface area contributed by atoms with Gasteiger partial charge in [-0.2, -0.15) is 0 Å². The average molecular weight is 335 g/mol. The number of hydrogen-bond donors (Lipinski definition) is 1. The van der Waals surface area contributed by atoms with Crippen LogP contribution < -0.4 is 5.32 Å². The number of imidazole rings is 1. The number of fused-ring (bicyclic) bond motifs is 1. The number of thioether (sulfide) groups is 1. The highest BCUT2D eigenvalue weighted by molar-refractivity contribution is 7.99. The Bertz CT molecular complexity index is 672. The second kappa shape index (κ2) is 6.61. The lowest BCUT2D eigenvalue weighted by Crippen LogP contribution is -2.37. The van der Waals surface area contributed by atoms with Crippen LogP contribution in [-0.4, -0.2) is 48.0 Å². The molecule has 124 valence electrons. The quantitative estimate of drug-likeness (QED) is 0.895. The smallest absolute Gasteiger partial charge is 0.317 e. The Labute approximate surface area is 139 Å². The molecule has 3 rings (SSSR count). The Balaban J connectivity index is 1.54. The first kappa shape index (κ1) is 15.9. The van der Waals surface area contributed by atoms with Crippen molar-refractivity contribution in [1.82, 2.24) is 34.5 Å². The van der Waals surface area contributed by atoms with Crippen LogP contribution in [0.1, 0.15) is 31.4 Å². The van der Waals surface area contributed by atoms with Gasteiger partial charge in [0.25, 0.3) is 0 Å². The molecule has 0 radical (unpaired) electrons. The van der Waals surface area contributed by atoms with E-state index in [4.69, 9.17) is 0 Å². The number of nitrogens with zero attached hydrogens (tertiary/aromatic N) is 6. The molecule has 0 saturated carbocycles. The average Bonchev–Trinajstić information content (AvgIpc) is 3.19. The Kier molecular flexibility index (Phi) is 4.56. The third kappa shape index (κ3) is 3.49. The molecule has 1 N–H and O–H groups in total. The van der Waals surface area contributed by atoms with Crippen LogP contribution in [0.2, 0.25) is 0 Å². The molecule has 1 aliphatic heterocycles. The molecule has 0 unspecified atom stereocenters. The molecular weight excluding hydrogens is 314 g/mol. The topological polar surface area (TPSA) is 80.9 Å². The summed E-state index contributed by atoms with van der Waals surface area (Å²) in [5.41, 5.74) is 0.888. The second-order valence-electron chi connectivity index (χ2n) is 5.82. The van der Waals surface area contributed by atoms with Gasteiger partial charge in [0.05, 0.1) is 18.8 Å². The zero-order valence-corrected chi connectivity index (χ0v) is 14.4. The summed E-state index contributed by atoms with van der Waals surface area (Å²) in [4.78, 5) is 18.3. The van der Waals surface area contributed by atoms with Gasteiger partial charge >= 0.3 is 6.03 Å². The van der Waals surface area contributed by atoms with Crippen LogP contribution in [0.3, 0.4) is 0 Å². The summed E-state index contributed by atoms with van der Waals surface area (Å²) in [6.07, 6.45) is 3.70. The minimum atomic E-state index is -0.149. The van der Waals surface area contributed by atoms with Crippen molar-refractivity contribution in [3.8, 4) is 0 Å². The van der Waals surface area contributed by atoms with Gasteiger partial charge in [-0.05, 0) is 13.8 Å². The maximum atomic E-state index is 12.2. The van der Waals surface area contributed by atoms with Gasteiger partial charge in [-0.3, -0.25) is 0 Å². The van der Waals surface area contributed by atoms with Crippen molar-refractivity contribution in [3.05, 3.63) is 24.0 Å². The van der Waals surface area contributed by atoms with Gasteiger partial charge in [-0.25, -0.2) is 9.78 Å². The van der Waals surface area contributed by atoms with Crippen molar-refractivity contribution in [2.45, 2.75) is 44.7 Å². The van der Waals surface area contributed by atoms with Gasteiger partial charge < -0.3 is 19.4 Å². The van der Waals surface area contributed by atoms with E-state index in [1.807, 2.05) is 10.8 Å². The summed E-state index contributed by atoms with van der Waals surface area (Å²) in [6.45, 7) is 5.96. The standard InChI is InChI=1S/C14H21N7OS/c1-10(2)21-9-16-18-12(21)8-19(3)13(22)15-6-11-7-20-4-5-23-14(20)17-11/h7,9-10H,4-6,8H2,1-3H3,(H,15,22). The summed E-state index contributed by atoms with van der Waals surface area (Å²) < 4.78 is 4.09. The number of aromatic nitrogens is 5. The molecule has 2 amide bonds. The number of nitrogens with one attached hydrogen (secondary N) is 1. The molecule has 8 nitrogen and oxygen atoms in total. The van der Waals surface area contributed by atoms with Gasteiger partial charge in [-0.15, -0.1) is 10.2 Å². The molecule has 0 saturated heterocycles. The van der Waals surface area contributed by atoms with Crippen LogP contribution in [0.25, 0.3) is 0 Å². The minimum Gasteiger partial charge on any atom is -0.332 e. The monoisotopic (exact) mass is 335 g/mol. The number of aryl methyl sites for hydroxylation is 1. The number of rotatable bonds is 5. The first-order chi connectivity index (χ1) is 11.0. The summed E-state index contributed by atoms with van der Waals surface area (Å²) in [6, 6.07) is 0.117. The predicted molar refractivity (Wildman–Crippen MR) is 87.1 cm³/mol. The van der Waals surface area contributed by atoms with E-state index in [1.54, 1.807) is 30.0 Å². The number of urea groups is 1. The van der Waals surface area contributed by atoms with Crippen molar-refractivity contribution in [2.24, 2.45) is 0 Å². The van der Waals surface area contributed by atoms with E-state index < -0.39 is 0 Å². The molecule has 2 aromatic rings. The number of hydrogen-bond acceptors (Lipinski definition) is 5. The van der Waals surface area contributed by atoms with Gasteiger partial charge in [0.1, 0.15) is 6.33 Å². The fourth-order valence-electron chi connectivity index (χ4n) is 2.44. The third-order valence-electron chi connectivity index (χ3n) is 3.70. The van der Waals surface area contributed by atoms with E-state index in [1.165, 1.54) is 0 Å². The largest absolute Gasteiger partial charge is 0.332 e. The molecule has 0 fully saturated rings. The van der Waals surface area contributed by atoms with Crippen molar-refractivity contribution in [3.63, 3.8) is 0 Å². The summed E-state index contributed by atoms with van der Waals surface area (Å²) >= 11 is 1.75. The summed E-state index contributed by atoms with van der Waals surface area (Å²) in [7, 11) is 1.75. The van der Waals surface area contributed by atoms with E-state index in [2.05, 4.69) is 38.9 Å². The van der Waals surface area contributed by atoms with Crippen LogP contribution in [0, 0.1) is 0 Å². The third-order valence-corrected chi connectivity index (χ3v) is 4.67. The Morgan fingerprint density at radius 2 is 2.35 bits per heavy atom. The fourth-order valence-corrected chi connectivity index (χ4v) is 3.41. The van der Waals surface area contributed by atoms with Crippen molar-refractivity contribution >= 4 is 17.8 Å². The molecule has 0 bridgehead atoms. The van der Waals surface area contributed by atoms with Crippen LogP contribution in [0.4, 0.5) is 4.79 Å². The van der Waals surface area contributed by atoms with E-state index in [0.717, 1.165) is 29.0 Å². The minimum absolute atomic E-state index is 0.149. The molecule has 0 aromatic carbocycles. The Morgan fingerprint density at radius 3 is 3.09 bits per heavy atom. The molecule has 2 aromatic heterocycles. The fraction of sp³-hybridized carbons (Fsp3) is 0.571. The lowest BCUT2D eigenvalue weighted by atomic mass is 10.4. The van der Waals surface area contributed by atoms with Gasteiger partial charge in [0, 0.05) is 31.6 Å². The first-order valence-corrected chi connectivity index (χ1v) is 8.59. The van der Waals surface area contributed by atoms with Crippen LogP contribution in [-0.2, 0) is 19.6 Å². The summed E-state index contributed by atoms with van der Waals surface area (Å²) in [5.74, 6) is 1.85. The predicted octanol–water partition coefficient (Wildman–Crippen LogP) is 1.50. The molecule has 0 aliphatic carbocycles. The van der Waals surface area contributed by atoms with E-state index in [0.29, 0.717) is 13.1 Å². The highest BCUT2D eigenvalue weighted by Gasteiger charge is 2.17. The Hall–Kier alpha value is -2.03. The highest BCUT2D eigenvalue weighted by Crippen LogP contribution is 2.24. The Morgan fingerprint density at radius 1 is 1.52 bits per heavy atom. The molecular formula is C14H21N7OS. The van der Waals surface area contributed by atoms with E-state index in [-0.39, 0.29) is 12.1 Å². The molecule has 9 heteroatoms. The van der Waals surface area contributed by atoms with E-state index >= 15 is 0 Å². The number of carbonyl (C=O) groups excluding carboxylic acids is 1. The molecule has 23 heavy (non-hydrogen) atoms. The zero-order valence-electron chi connectivity index (χ0n) is 13.6. The molecule has 3 heterocycles. The maximum Gasteiger partial charge on any atom is 0.317 e. The SMILES string of the molecule is CC(C)n1cnnc1CN(C)C(=O)NCc1cn2c(n1)SCC2. The molecule has 1 aliphatic rings. The maximum absolute atomic E-state index is 12.2. The first-order valence-electron chi connectivity index (χ1n) is 7.61. The molecule has 0 atom stereocenters. The number of carbonyl (C=O) groups is 1. The second-order valence-corrected chi connectivity index (χ2v) is 6.88. The zero-order chi connectivity index (χ0) is 16.4. The molecule has 0 spiro atoms. The van der Waals surface area contributed by atoms with E-state index in [9.17, 15) is 4.79 Å². The normalized spacial score (nSPS) is 13.4. The van der Waals surface area contributed by atoms with Crippen molar-refractivity contribution in [2.75, 3.05) is 12.8 Å². The van der Waals surface area contributed by atoms with Crippen LogP contribution in [0.15, 0.2) is 17.7 Å². The van der Waals surface area contributed by atoms with Crippen LogP contribution >= 0.6 is 11.8 Å². The number of amides is 2. The van der Waals surface area contributed by atoms with Crippen molar-refractivity contribution in [1.29, 1.82) is 0 Å².